The number of carboxylic acids is 1. The molecule has 108 valence electrons. The van der Waals surface area contributed by atoms with Crippen LogP contribution in [0.4, 0.5) is 5.69 Å². The first-order chi connectivity index (χ1) is 9.26. The maximum Gasteiger partial charge on any atom is 0.328 e. The number of aliphatic carboxylic acids is 1. The molecule has 20 heavy (non-hydrogen) atoms. The summed E-state index contributed by atoms with van der Waals surface area (Å²) in [5.41, 5.74) is 1.21. The maximum atomic E-state index is 11.5. The first-order valence-electron chi connectivity index (χ1n) is 5.75. The van der Waals surface area contributed by atoms with E-state index in [0.717, 1.165) is 12.3 Å². The van der Waals surface area contributed by atoms with Gasteiger partial charge in [-0.3, -0.25) is 4.79 Å². The molecule has 1 aromatic rings. The van der Waals surface area contributed by atoms with Gasteiger partial charge in [-0.1, -0.05) is 12.1 Å². The Morgan fingerprint density at radius 1 is 1.25 bits per heavy atom. The molecule has 1 rings (SSSR count). The molecule has 0 aromatic heterocycles. The van der Waals surface area contributed by atoms with Gasteiger partial charge in [0.15, 0.2) is 0 Å². The van der Waals surface area contributed by atoms with Crippen molar-refractivity contribution in [2.75, 3.05) is 17.3 Å². The summed E-state index contributed by atoms with van der Waals surface area (Å²) in [6.45, 7) is 0. The van der Waals surface area contributed by atoms with Gasteiger partial charge in [-0.2, -0.15) is 0 Å². The predicted octanol–water partition coefficient (Wildman–Crippen LogP) is 1.16. The zero-order chi connectivity index (χ0) is 15.2. The van der Waals surface area contributed by atoms with Crippen LogP contribution in [-0.2, 0) is 19.4 Å². The third kappa shape index (κ3) is 6.69. The summed E-state index contributed by atoms with van der Waals surface area (Å²) in [5, 5.41) is 11.0. The first-order valence-corrected chi connectivity index (χ1v) is 7.81. The van der Waals surface area contributed by atoms with Gasteiger partial charge in [0.05, 0.1) is 5.75 Å². The molecule has 1 aromatic carbocycles. The molecule has 6 nitrogen and oxygen atoms in total. The molecule has 0 aliphatic carbocycles. The van der Waals surface area contributed by atoms with E-state index in [2.05, 4.69) is 5.32 Å². The van der Waals surface area contributed by atoms with E-state index >= 15 is 0 Å². The Morgan fingerprint density at radius 3 is 2.35 bits per heavy atom. The van der Waals surface area contributed by atoms with Crippen molar-refractivity contribution >= 4 is 33.5 Å². The van der Waals surface area contributed by atoms with E-state index in [1.54, 1.807) is 24.3 Å². The molecule has 0 fully saturated rings. The Bertz CT molecular complexity index is 617. The summed E-state index contributed by atoms with van der Waals surface area (Å²) in [6, 6.07) is 6.51. The largest absolute Gasteiger partial charge is 0.478 e. The molecule has 0 saturated heterocycles. The van der Waals surface area contributed by atoms with E-state index in [9.17, 15) is 18.0 Å². The summed E-state index contributed by atoms with van der Waals surface area (Å²) >= 11 is 0. The number of nitrogens with one attached hydrogen (secondary N) is 1. The summed E-state index contributed by atoms with van der Waals surface area (Å²) in [4.78, 5) is 21.8. The smallest absolute Gasteiger partial charge is 0.328 e. The lowest BCUT2D eigenvalue weighted by Gasteiger charge is -2.05. The van der Waals surface area contributed by atoms with Gasteiger partial charge >= 0.3 is 5.97 Å². The molecule has 0 aliphatic rings. The van der Waals surface area contributed by atoms with Gasteiger partial charge in [0.25, 0.3) is 0 Å². The summed E-state index contributed by atoms with van der Waals surface area (Å²) in [6.07, 6.45) is 3.42. The number of hydrogen-bond donors (Lipinski definition) is 2. The Balaban J connectivity index is 2.57. The summed E-state index contributed by atoms with van der Waals surface area (Å²) < 4.78 is 21.8. The lowest BCUT2D eigenvalue weighted by Crippen LogP contribution is -2.16. The van der Waals surface area contributed by atoms with Crippen molar-refractivity contribution < 1.29 is 23.1 Å². The molecule has 0 atom stereocenters. The number of rotatable bonds is 6. The van der Waals surface area contributed by atoms with Crippen LogP contribution in [-0.4, -0.2) is 37.4 Å². The molecule has 0 unspecified atom stereocenters. The van der Waals surface area contributed by atoms with Crippen LogP contribution in [0.3, 0.4) is 0 Å². The van der Waals surface area contributed by atoms with Crippen LogP contribution < -0.4 is 5.32 Å². The number of anilines is 1. The lowest BCUT2D eigenvalue weighted by molar-refractivity contribution is -0.131. The highest BCUT2D eigenvalue weighted by Crippen LogP contribution is 2.11. The van der Waals surface area contributed by atoms with Gasteiger partial charge in [0, 0.05) is 24.4 Å². The monoisotopic (exact) mass is 297 g/mol. The quantitative estimate of drug-likeness (QED) is 0.767. The maximum absolute atomic E-state index is 11.5. The molecular weight excluding hydrogens is 282 g/mol. The SMILES string of the molecule is CS(=O)(=O)CCC(=O)Nc1ccc(/C=C/C(=O)O)cc1. The zero-order valence-electron chi connectivity index (χ0n) is 10.9. The van der Waals surface area contributed by atoms with Crippen molar-refractivity contribution in [3.8, 4) is 0 Å². The second-order valence-electron chi connectivity index (χ2n) is 4.22. The van der Waals surface area contributed by atoms with E-state index in [-0.39, 0.29) is 18.1 Å². The van der Waals surface area contributed by atoms with Crippen LogP contribution >= 0.6 is 0 Å². The summed E-state index contributed by atoms with van der Waals surface area (Å²) in [7, 11) is -3.16. The Labute approximate surface area is 117 Å². The molecule has 0 aliphatic heterocycles. The average molecular weight is 297 g/mol. The van der Waals surface area contributed by atoms with E-state index in [1.165, 1.54) is 6.08 Å². The van der Waals surface area contributed by atoms with Crippen LogP contribution in [0.2, 0.25) is 0 Å². The minimum atomic E-state index is -3.16. The number of carbonyl (C=O) groups excluding carboxylic acids is 1. The van der Waals surface area contributed by atoms with Crippen molar-refractivity contribution in [1.29, 1.82) is 0 Å². The highest BCUT2D eigenvalue weighted by atomic mass is 32.2. The van der Waals surface area contributed by atoms with Gasteiger partial charge in [-0.15, -0.1) is 0 Å². The fourth-order valence-electron chi connectivity index (χ4n) is 1.35. The fourth-order valence-corrected chi connectivity index (χ4v) is 1.90. The molecule has 2 N–H and O–H groups in total. The zero-order valence-corrected chi connectivity index (χ0v) is 11.7. The van der Waals surface area contributed by atoms with Gasteiger partial charge in [-0.05, 0) is 23.8 Å². The first kappa shape index (κ1) is 15.9. The normalized spacial score (nSPS) is 11.4. The van der Waals surface area contributed by atoms with E-state index in [0.29, 0.717) is 11.3 Å². The van der Waals surface area contributed by atoms with Crippen LogP contribution in [0.5, 0.6) is 0 Å². The number of benzene rings is 1. The number of carboxylic acid groups (broad SMARTS) is 1. The van der Waals surface area contributed by atoms with E-state index in [4.69, 9.17) is 5.11 Å². The molecule has 0 heterocycles. The van der Waals surface area contributed by atoms with Gasteiger partial charge in [-0.25, -0.2) is 13.2 Å². The van der Waals surface area contributed by atoms with Crippen molar-refractivity contribution in [2.24, 2.45) is 0 Å². The summed E-state index contributed by atoms with van der Waals surface area (Å²) in [5.74, 6) is -1.62. The Morgan fingerprint density at radius 2 is 1.85 bits per heavy atom. The number of carbonyl (C=O) groups is 2. The van der Waals surface area contributed by atoms with Crippen molar-refractivity contribution in [3.63, 3.8) is 0 Å². The molecule has 1 amide bonds. The van der Waals surface area contributed by atoms with Crippen LogP contribution in [0.25, 0.3) is 6.08 Å². The third-order valence-electron chi connectivity index (χ3n) is 2.31. The topological polar surface area (TPSA) is 101 Å². The van der Waals surface area contributed by atoms with E-state index in [1.807, 2.05) is 0 Å². The molecule has 7 heteroatoms. The molecular formula is C13H15NO5S. The van der Waals surface area contributed by atoms with Crippen LogP contribution in [0.15, 0.2) is 30.3 Å². The molecule has 0 saturated carbocycles. The van der Waals surface area contributed by atoms with Crippen LogP contribution in [0, 0.1) is 0 Å². The van der Waals surface area contributed by atoms with Crippen molar-refractivity contribution in [1.82, 2.24) is 0 Å². The highest BCUT2D eigenvalue weighted by molar-refractivity contribution is 7.90. The second-order valence-corrected chi connectivity index (χ2v) is 6.48. The Hall–Kier alpha value is -2.15. The highest BCUT2D eigenvalue weighted by Gasteiger charge is 2.08. The van der Waals surface area contributed by atoms with Crippen LogP contribution in [0.1, 0.15) is 12.0 Å². The van der Waals surface area contributed by atoms with Gasteiger partial charge in [0.1, 0.15) is 9.84 Å². The standard InChI is InChI=1S/C13H15NO5S/c1-20(18,19)9-8-12(15)14-11-5-2-10(3-6-11)4-7-13(16)17/h2-7H,8-9H2,1H3,(H,14,15)(H,16,17)/b7-4+. The molecule has 0 bridgehead atoms. The fraction of sp³-hybridized carbons (Fsp3) is 0.231. The molecule has 0 radical (unpaired) electrons. The van der Waals surface area contributed by atoms with Gasteiger partial charge < -0.3 is 10.4 Å². The van der Waals surface area contributed by atoms with Crippen molar-refractivity contribution in [2.45, 2.75) is 6.42 Å². The average Bonchev–Trinajstić information content (AvgIpc) is 2.35. The lowest BCUT2D eigenvalue weighted by atomic mass is 10.2. The minimum absolute atomic E-state index is 0.0977. The van der Waals surface area contributed by atoms with E-state index < -0.39 is 15.8 Å². The van der Waals surface area contributed by atoms with Gasteiger partial charge in [0.2, 0.25) is 5.91 Å². The number of amides is 1. The minimum Gasteiger partial charge on any atom is -0.478 e. The number of sulfone groups is 1. The van der Waals surface area contributed by atoms with Crippen molar-refractivity contribution in [3.05, 3.63) is 35.9 Å². The number of hydrogen-bond acceptors (Lipinski definition) is 4. The second kappa shape index (κ2) is 6.85. The molecule has 0 spiro atoms. The Kier molecular flexibility index (Phi) is 5.45. The third-order valence-corrected chi connectivity index (χ3v) is 3.26. The predicted molar refractivity (Wildman–Crippen MR) is 76.1 cm³/mol.